The molecular formula is C14H12Br2N2O2. The molecule has 0 bridgehead atoms. The summed E-state index contributed by atoms with van der Waals surface area (Å²) in [6.07, 6.45) is 0. The van der Waals surface area contributed by atoms with Crippen LogP contribution in [0.15, 0.2) is 45.3 Å². The van der Waals surface area contributed by atoms with E-state index in [1.54, 1.807) is 6.07 Å². The molecule has 0 aromatic heterocycles. The predicted molar refractivity (Wildman–Crippen MR) is 87.0 cm³/mol. The monoisotopic (exact) mass is 398 g/mol. The number of hydrogen-bond acceptors (Lipinski definition) is 3. The number of anilines is 1. The molecule has 6 heteroatoms. The smallest absolute Gasteiger partial charge is 0.270 e. The number of halogens is 2. The fraction of sp³-hybridized carbons (Fsp3) is 0.143. The zero-order valence-electron chi connectivity index (χ0n) is 10.7. The number of benzene rings is 2. The fourth-order valence-electron chi connectivity index (χ4n) is 1.77. The van der Waals surface area contributed by atoms with Crippen LogP contribution in [0.25, 0.3) is 0 Å². The van der Waals surface area contributed by atoms with Crippen LogP contribution in [0.5, 0.6) is 0 Å². The van der Waals surface area contributed by atoms with Crippen molar-refractivity contribution in [3.05, 3.63) is 66.6 Å². The maximum atomic E-state index is 10.7. The number of nitrogens with zero attached hydrogens (tertiary/aromatic N) is 1. The zero-order valence-corrected chi connectivity index (χ0v) is 13.9. The summed E-state index contributed by atoms with van der Waals surface area (Å²) in [4.78, 5) is 10.3. The van der Waals surface area contributed by atoms with E-state index in [2.05, 4.69) is 43.2 Å². The van der Waals surface area contributed by atoms with Gasteiger partial charge >= 0.3 is 0 Å². The van der Waals surface area contributed by atoms with Gasteiger partial charge in [0.25, 0.3) is 5.69 Å². The molecule has 0 amide bonds. The zero-order chi connectivity index (χ0) is 14.7. The van der Waals surface area contributed by atoms with E-state index in [1.165, 1.54) is 17.7 Å². The SMILES string of the molecule is Cc1cc(CNc2ccc([N+](=O)[O-])cc2Br)ccc1Br. The summed E-state index contributed by atoms with van der Waals surface area (Å²) < 4.78 is 1.76. The molecule has 1 N–H and O–H groups in total. The van der Waals surface area contributed by atoms with Crippen LogP contribution in [0.1, 0.15) is 11.1 Å². The van der Waals surface area contributed by atoms with Crippen molar-refractivity contribution in [2.45, 2.75) is 13.5 Å². The van der Waals surface area contributed by atoms with E-state index in [0.29, 0.717) is 11.0 Å². The van der Waals surface area contributed by atoms with E-state index in [4.69, 9.17) is 0 Å². The Kier molecular flexibility index (Phi) is 4.77. The van der Waals surface area contributed by atoms with E-state index in [0.717, 1.165) is 15.7 Å². The molecule has 104 valence electrons. The normalized spacial score (nSPS) is 10.3. The Hall–Kier alpha value is -1.40. The summed E-state index contributed by atoms with van der Waals surface area (Å²) in [6.45, 7) is 2.69. The average Bonchev–Trinajstić information content (AvgIpc) is 2.41. The Balaban J connectivity index is 2.10. The van der Waals surface area contributed by atoms with Crippen LogP contribution in [0.4, 0.5) is 11.4 Å². The predicted octanol–water partition coefficient (Wildman–Crippen LogP) is 5.04. The molecule has 2 aromatic carbocycles. The van der Waals surface area contributed by atoms with Gasteiger partial charge in [0.2, 0.25) is 0 Å². The lowest BCUT2D eigenvalue weighted by Crippen LogP contribution is -2.01. The largest absolute Gasteiger partial charge is 0.380 e. The average molecular weight is 400 g/mol. The molecule has 0 heterocycles. The molecule has 0 unspecified atom stereocenters. The van der Waals surface area contributed by atoms with Gasteiger partial charge in [-0.2, -0.15) is 0 Å². The highest BCUT2D eigenvalue weighted by Gasteiger charge is 2.08. The third kappa shape index (κ3) is 3.58. The van der Waals surface area contributed by atoms with Crippen molar-refractivity contribution in [2.24, 2.45) is 0 Å². The van der Waals surface area contributed by atoms with Crippen molar-refractivity contribution in [1.29, 1.82) is 0 Å². The molecule has 2 rings (SSSR count). The van der Waals surface area contributed by atoms with Gasteiger partial charge in [0.15, 0.2) is 0 Å². The van der Waals surface area contributed by atoms with E-state index >= 15 is 0 Å². The Morgan fingerprint density at radius 1 is 1.15 bits per heavy atom. The van der Waals surface area contributed by atoms with Crippen LogP contribution < -0.4 is 5.32 Å². The molecule has 0 atom stereocenters. The molecule has 0 saturated carbocycles. The van der Waals surface area contributed by atoms with Crippen molar-refractivity contribution in [1.82, 2.24) is 0 Å². The molecule has 2 aromatic rings. The van der Waals surface area contributed by atoms with Crippen LogP contribution in [0, 0.1) is 17.0 Å². The number of nitrogens with one attached hydrogen (secondary N) is 1. The number of rotatable bonds is 4. The Morgan fingerprint density at radius 3 is 2.50 bits per heavy atom. The van der Waals surface area contributed by atoms with Crippen molar-refractivity contribution in [2.75, 3.05) is 5.32 Å². The number of non-ortho nitro benzene ring substituents is 1. The molecule has 0 aliphatic rings. The summed E-state index contributed by atoms with van der Waals surface area (Å²) in [6, 6.07) is 10.8. The summed E-state index contributed by atoms with van der Waals surface area (Å²) in [5.74, 6) is 0. The molecule has 0 radical (unpaired) electrons. The Bertz CT molecular complexity index is 660. The summed E-state index contributed by atoms with van der Waals surface area (Å²) in [5.41, 5.74) is 3.22. The molecule has 0 saturated heterocycles. The first-order valence-electron chi connectivity index (χ1n) is 5.90. The lowest BCUT2D eigenvalue weighted by Gasteiger charge is -2.09. The molecular weight excluding hydrogens is 388 g/mol. The minimum absolute atomic E-state index is 0.0712. The molecule has 4 nitrogen and oxygen atoms in total. The molecule has 0 spiro atoms. The van der Waals surface area contributed by atoms with Gasteiger partial charge in [0.05, 0.1) is 4.92 Å². The van der Waals surface area contributed by atoms with E-state index in [9.17, 15) is 10.1 Å². The van der Waals surface area contributed by atoms with Crippen molar-refractivity contribution >= 4 is 43.2 Å². The quantitative estimate of drug-likeness (QED) is 0.578. The van der Waals surface area contributed by atoms with Gasteiger partial charge < -0.3 is 5.32 Å². The lowest BCUT2D eigenvalue weighted by atomic mass is 10.1. The first-order chi connectivity index (χ1) is 9.47. The van der Waals surface area contributed by atoms with Crippen LogP contribution in [-0.2, 0) is 6.54 Å². The van der Waals surface area contributed by atoms with E-state index in [1.807, 2.05) is 19.1 Å². The number of hydrogen-bond donors (Lipinski definition) is 1. The second-order valence-electron chi connectivity index (χ2n) is 4.36. The summed E-state index contributed by atoms with van der Waals surface area (Å²) >= 11 is 6.81. The third-order valence-corrected chi connectivity index (χ3v) is 4.41. The van der Waals surface area contributed by atoms with Gasteiger partial charge in [-0.15, -0.1) is 0 Å². The highest BCUT2D eigenvalue weighted by atomic mass is 79.9. The third-order valence-electron chi connectivity index (χ3n) is 2.87. The molecule has 20 heavy (non-hydrogen) atoms. The van der Waals surface area contributed by atoms with Crippen LogP contribution in [0.2, 0.25) is 0 Å². The molecule has 0 aliphatic heterocycles. The van der Waals surface area contributed by atoms with E-state index in [-0.39, 0.29) is 5.69 Å². The van der Waals surface area contributed by atoms with Gasteiger partial charge in [0.1, 0.15) is 0 Å². The lowest BCUT2D eigenvalue weighted by molar-refractivity contribution is -0.384. The Labute approximate surface area is 133 Å². The first-order valence-corrected chi connectivity index (χ1v) is 7.49. The second-order valence-corrected chi connectivity index (χ2v) is 6.07. The second kappa shape index (κ2) is 6.37. The van der Waals surface area contributed by atoms with Crippen molar-refractivity contribution < 1.29 is 4.92 Å². The van der Waals surface area contributed by atoms with Gasteiger partial charge in [-0.3, -0.25) is 10.1 Å². The maximum absolute atomic E-state index is 10.7. The van der Waals surface area contributed by atoms with Crippen molar-refractivity contribution in [3.8, 4) is 0 Å². The Morgan fingerprint density at radius 2 is 1.90 bits per heavy atom. The molecule has 0 fully saturated rings. The first kappa shape index (κ1) is 15.0. The van der Waals surface area contributed by atoms with Gasteiger partial charge in [-0.1, -0.05) is 28.1 Å². The van der Waals surface area contributed by atoms with Gasteiger partial charge in [-0.25, -0.2) is 0 Å². The van der Waals surface area contributed by atoms with Crippen molar-refractivity contribution in [3.63, 3.8) is 0 Å². The standard InChI is InChI=1S/C14H12Br2N2O2/c1-9-6-10(2-4-12(9)15)8-17-14-5-3-11(18(19)20)7-13(14)16/h2-7,17H,8H2,1H3. The molecule has 0 aliphatic carbocycles. The summed E-state index contributed by atoms with van der Waals surface area (Å²) in [5, 5.41) is 13.9. The van der Waals surface area contributed by atoms with E-state index < -0.39 is 4.92 Å². The van der Waals surface area contributed by atoms with Gasteiger partial charge in [-0.05, 0) is 46.1 Å². The highest BCUT2D eigenvalue weighted by Crippen LogP contribution is 2.27. The highest BCUT2D eigenvalue weighted by molar-refractivity contribution is 9.10. The number of nitro groups is 1. The topological polar surface area (TPSA) is 55.2 Å². The van der Waals surface area contributed by atoms with Crippen LogP contribution in [0.3, 0.4) is 0 Å². The fourth-order valence-corrected chi connectivity index (χ4v) is 2.53. The minimum Gasteiger partial charge on any atom is -0.380 e. The number of aryl methyl sites for hydroxylation is 1. The van der Waals surface area contributed by atoms with Gasteiger partial charge in [0, 0.05) is 33.3 Å². The minimum atomic E-state index is -0.410. The maximum Gasteiger partial charge on any atom is 0.270 e. The van der Waals surface area contributed by atoms with Crippen LogP contribution in [-0.4, -0.2) is 4.92 Å². The van der Waals surface area contributed by atoms with Crippen LogP contribution >= 0.6 is 31.9 Å². The number of nitro benzene ring substituents is 1. The summed E-state index contributed by atoms with van der Waals surface area (Å²) in [7, 11) is 0.